The summed E-state index contributed by atoms with van der Waals surface area (Å²) in [4.78, 5) is 0. The highest BCUT2D eigenvalue weighted by Crippen LogP contribution is 2.03. The first-order valence-electron chi connectivity index (χ1n) is 2.77. The zero-order valence-electron chi connectivity index (χ0n) is 5.13. The summed E-state index contributed by atoms with van der Waals surface area (Å²) in [6, 6.07) is 0. The van der Waals surface area contributed by atoms with Gasteiger partial charge in [-0.1, -0.05) is 11.6 Å². The van der Waals surface area contributed by atoms with E-state index in [-0.39, 0.29) is 0 Å². The third kappa shape index (κ3) is 1.60. The number of hydrazone groups is 1. The van der Waals surface area contributed by atoms with E-state index in [9.17, 15) is 0 Å². The number of hydrogen-bond donors (Lipinski definition) is 0. The van der Waals surface area contributed by atoms with E-state index in [4.69, 9.17) is 11.6 Å². The molecule has 0 aromatic rings. The van der Waals surface area contributed by atoms with Crippen LogP contribution < -0.4 is 0 Å². The number of rotatable bonds is 1. The summed E-state index contributed by atoms with van der Waals surface area (Å²) >= 11 is 5.54. The number of halogens is 1. The van der Waals surface area contributed by atoms with Crippen molar-refractivity contribution in [3.63, 3.8) is 0 Å². The number of allylic oxidation sites excluding steroid dienone is 2. The van der Waals surface area contributed by atoms with Crippen LogP contribution in [0.15, 0.2) is 22.4 Å². The first kappa shape index (κ1) is 6.40. The van der Waals surface area contributed by atoms with Crippen LogP contribution in [0.5, 0.6) is 0 Å². The zero-order chi connectivity index (χ0) is 6.69. The lowest BCUT2D eigenvalue weighted by Gasteiger charge is -2.09. The molecule has 0 bridgehead atoms. The maximum absolute atomic E-state index is 5.54. The van der Waals surface area contributed by atoms with Crippen molar-refractivity contribution in [2.24, 2.45) is 5.10 Å². The quantitative estimate of drug-likeness (QED) is 0.542. The highest BCUT2D eigenvalue weighted by atomic mass is 35.5. The van der Waals surface area contributed by atoms with Crippen molar-refractivity contribution in [1.82, 2.24) is 5.01 Å². The van der Waals surface area contributed by atoms with Gasteiger partial charge in [0.1, 0.15) is 5.03 Å². The third-order valence-electron chi connectivity index (χ3n) is 1.00. The summed E-state index contributed by atoms with van der Waals surface area (Å²) in [5.74, 6) is 2.63. The van der Waals surface area contributed by atoms with E-state index in [0.29, 0.717) is 5.03 Å². The van der Waals surface area contributed by atoms with Crippen molar-refractivity contribution in [3.05, 3.63) is 17.3 Å². The predicted octanol–water partition coefficient (Wildman–Crippen LogP) is 1.54. The lowest BCUT2D eigenvalue weighted by molar-refractivity contribution is 0.423. The van der Waals surface area contributed by atoms with Crippen LogP contribution >= 0.6 is 11.6 Å². The Hall–Kier alpha value is -0.720. The van der Waals surface area contributed by atoms with E-state index >= 15 is 0 Å². The van der Waals surface area contributed by atoms with Gasteiger partial charge in [0.2, 0.25) is 0 Å². The monoisotopic (exact) mass is 142 g/mol. The molecule has 1 aliphatic heterocycles. The second-order valence-electron chi connectivity index (χ2n) is 1.63. The molecule has 0 spiro atoms. The van der Waals surface area contributed by atoms with Gasteiger partial charge in [0.25, 0.3) is 0 Å². The molecular weight excluding hydrogens is 136 g/mol. The molecule has 0 N–H and O–H groups in total. The summed E-state index contributed by atoms with van der Waals surface area (Å²) in [6.07, 6.45) is 3.58. The largest absolute Gasteiger partial charge is 0.265 e. The molecular formula is C6H7ClN2. The summed E-state index contributed by atoms with van der Waals surface area (Å²) in [5.41, 5.74) is 0. The maximum atomic E-state index is 5.54. The fourth-order valence-electron chi connectivity index (χ4n) is 0.510. The van der Waals surface area contributed by atoms with Crippen LogP contribution in [0.25, 0.3) is 0 Å². The molecule has 9 heavy (non-hydrogen) atoms. The molecule has 0 saturated heterocycles. The van der Waals surface area contributed by atoms with E-state index in [1.54, 1.807) is 11.1 Å². The molecule has 0 atom stereocenters. The van der Waals surface area contributed by atoms with Crippen LogP contribution in [0.2, 0.25) is 0 Å². The second-order valence-corrected chi connectivity index (χ2v) is 2.04. The van der Waals surface area contributed by atoms with Crippen LogP contribution in [0.4, 0.5) is 0 Å². The van der Waals surface area contributed by atoms with Gasteiger partial charge in [-0.05, 0) is 13.0 Å². The minimum atomic E-state index is 0.555. The van der Waals surface area contributed by atoms with E-state index < -0.39 is 0 Å². The summed E-state index contributed by atoms with van der Waals surface area (Å²) in [7, 11) is 0. The Labute approximate surface area is 59.1 Å². The SMILES string of the molecule is CCN1C=CC(Cl)=C=N1. The first-order valence-corrected chi connectivity index (χ1v) is 3.14. The summed E-state index contributed by atoms with van der Waals surface area (Å²) in [6.45, 7) is 2.86. The van der Waals surface area contributed by atoms with Crippen molar-refractivity contribution < 1.29 is 0 Å². The summed E-state index contributed by atoms with van der Waals surface area (Å²) in [5, 5.41) is 6.17. The second kappa shape index (κ2) is 2.72. The number of hydrogen-bond acceptors (Lipinski definition) is 2. The Morgan fingerprint density at radius 1 is 1.89 bits per heavy atom. The van der Waals surface area contributed by atoms with Crippen molar-refractivity contribution in [1.29, 1.82) is 0 Å². The lowest BCUT2D eigenvalue weighted by Crippen LogP contribution is -2.09. The maximum Gasteiger partial charge on any atom is 0.105 e. The van der Waals surface area contributed by atoms with Gasteiger partial charge in [-0.3, -0.25) is 5.01 Å². The molecule has 3 heteroatoms. The van der Waals surface area contributed by atoms with Gasteiger partial charge in [-0.15, -0.1) is 5.10 Å². The Kier molecular flexibility index (Phi) is 1.93. The van der Waals surface area contributed by atoms with Gasteiger partial charge >= 0.3 is 0 Å². The van der Waals surface area contributed by atoms with Gasteiger partial charge in [-0.25, -0.2) is 0 Å². The Morgan fingerprint density at radius 3 is 3.11 bits per heavy atom. The standard InChI is InChI=1S/C6H7ClN2/c1-2-9-4-3-6(7)5-8-9/h3-4H,2H2,1H3. The summed E-state index contributed by atoms with van der Waals surface area (Å²) < 4.78 is 0. The topological polar surface area (TPSA) is 15.6 Å². The molecule has 0 aliphatic carbocycles. The van der Waals surface area contributed by atoms with Gasteiger partial charge in [-0.2, -0.15) is 0 Å². The van der Waals surface area contributed by atoms with Crippen molar-refractivity contribution in [2.75, 3.05) is 6.54 Å². The van der Waals surface area contributed by atoms with Crippen molar-refractivity contribution in [2.45, 2.75) is 6.92 Å². The molecule has 48 valence electrons. The van der Waals surface area contributed by atoms with E-state index in [1.165, 1.54) is 0 Å². The zero-order valence-corrected chi connectivity index (χ0v) is 5.89. The molecule has 1 rings (SSSR count). The molecule has 0 fully saturated rings. The molecule has 0 aromatic heterocycles. The van der Waals surface area contributed by atoms with Crippen LogP contribution in [-0.4, -0.2) is 17.4 Å². The number of nitrogens with zero attached hydrogens (tertiary/aromatic N) is 2. The van der Waals surface area contributed by atoms with Gasteiger partial charge in [0.15, 0.2) is 0 Å². The first-order chi connectivity index (χ1) is 4.33. The fraction of sp³-hybridized carbons (Fsp3) is 0.333. The van der Waals surface area contributed by atoms with Crippen molar-refractivity contribution >= 4 is 17.5 Å². The van der Waals surface area contributed by atoms with Crippen LogP contribution in [0, 0.1) is 0 Å². The van der Waals surface area contributed by atoms with Crippen LogP contribution in [-0.2, 0) is 0 Å². The normalized spacial score (nSPS) is 16.2. The average molecular weight is 143 g/mol. The average Bonchev–Trinajstić information content (AvgIpc) is 1.90. The molecule has 1 heterocycles. The Balaban J connectivity index is 2.72. The highest BCUT2D eigenvalue weighted by Gasteiger charge is 1.94. The minimum Gasteiger partial charge on any atom is -0.265 e. The van der Waals surface area contributed by atoms with Crippen LogP contribution in [0.1, 0.15) is 6.92 Å². The molecule has 2 nitrogen and oxygen atoms in total. The predicted molar refractivity (Wildman–Crippen MR) is 38.3 cm³/mol. The third-order valence-corrected chi connectivity index (χ3v) is 1.21. The van der Waals surface area contributed by atoms with E-state index in [1.807, 2.05) is 13.1 Å². The smallest absolute Gasteiger partial charge is 0.105 e. The van der Waals surface area contributed by atoms with E-state index in [0.717, 1.165) is 6.54 Å². The molecule has 0 radical (unpaired) electrons. The molecule has 0 unspecified atom stereocenters. The molecule has 0 saturated carbocycles. The highest BCUT2D eigenvalue weighted by molar-refractivity contribution is 6.35. The minimum absolute atomic E-state index is 0.555. The van der Waals surface area contributed by atoms with Gasteiger partial charge in [0, 0.05) is 18.6 Å². The molecule has 0 amide bonds. The van der Waals surface area contributed by atoms with Crippen molar-refractivity contribution in [3.8, 4) is 0 Å². The molecule has 0 aromatic carbocycles. The molecule has 1 aliphatic rings. The van der Waals surface area contributed by atoms with Gasteiger partial charge in [0.05, 0.1) is 0 Å². The van der Waals surface area contributed by atoms with E-state index in [2.05, 4.69) is 11.0 Å². The fourth-order valence-corrected chi connectivity index (χ4v) is 0.604. The lowest BCUT2D eigenvalue weighted by atomic mass is 10.5. The Bertz CT molecular complexity index is 189. The van der Waals surface area contributed by atoms with Crippen LogP contribution in [0.3, 0.4) is 0 Å². The van der Waals surface area contributed by atoms with Gasteiger partial charge < -0.3 is 0 Å². The Morgan fingerprint density at radius 2 is 2.67 bits per heavy atom.